The van der Waals surface area contributed by atoms with Crippen molar-refractivity contribution < 1.29 is 4.79 Å². The van der Waals surface area contributed by atoms with E-state index in [0.717, 1.165) is 76.2 Å². The maximum Gasteiger partial charge on any atom is 0.224 e. The van der Waals surface area contributed by atoms with Crippen molar-refractivity contribution in [3.05, 3.63) is 89.0 Å². The minimum Gasteiger partial charge on any atom is -0.367 e. The fourth-order valence-electron chi connectivity index (χ4n) is 5.30. The number of hydrogen-bond acceptors (Lipinski definition) is 6. The van der Waals surface area contributed by atoms with E-state index in [0.29, 0.717) is 12.1 Å². The zero-order chi connectivity index (χ0) is 27.6. The van der Waals surface area contributed by atoms with Crippen LogP contribution in [0.1, 0.15) is 30.2 Å². The topological polar surface area (TPSA) is 120 Å². The minimum absolute atomic E-state index is 0.0369. The van der Waals surface area contributed by atoms with Crippen LogP contribution in [0.15, 0.2) is 61.3 Å². The van der Waals surface area contributed by atoms with Crippen LogP contribution >= 0.6 is 0 Å². The Hall–Kier alpha value is -4.70. The number of anilines is 3. The summed E-state index contributed by atoms with van der Waals surface area (Å²) < 4.78 is 0. The van der Waals surface area contributed by atoms with Crippen LogP contribution in [-0.4, -0.2) is 64.0 Å². The molecule has 40 heavy (non-hydrogen) atoms. The lowest BCUT2D eigenvalue weighted by molar-refractivity contribution is -0.115. The third-order valence-corrected chi connectivity index (χ3v) is 7.55. The largest absolute Gasteiger partial charge is 0.367 e. The molecule has 1 saturated heterocycles. The number of rotatable bonds is 5. The second-order valence-electron chi connectivity index (χ2n) is 10.3. The van der Waals surface area contributed by atoms with Crippen LogP contribution in [0.4, 0.5) is 17.1 Å². The van der Waals surface area contributed by atoms with Crippen molar-refractivity contribution in [2.75, 3.05) is 48.9 Å². The number of pyridine rings is 1. The second-order valence-corrected chi connectivity index (χ2v) is 10.3. The van der Waals surface area contributed by atoms with E-state index >= 15 is 0 Å². The van der Waals surface area contributed by atoms with E-state index in [1.54, 1.807) is 6.20 Å². The molecule has 0 bridgehead atoms. The summed E-state index contributed by atoms with van der Waals surface area (Å²) in [6.07, 6.45) is 9.87. The number of carbonyl (C=O) groups excluding carboxylic acids is 1. The third kappa shape index (κ3) is 5.01. The Kier molecular flexibility index (Phi) is 6.91. The van der Waals surface area contributed by atoms with E-state index < -0.39 is 0 Å². The Morgan fingerprint density at radius 2 is 1.93 bits per heavy atom. The molecule has 4 aliphatic rings. The molecule has 1 aromatic heterocycles. The van der Waals surface area contributed by atoms with E-state index in [2.05, 4.69) is 84.1 Å². The molecule has 0 saturated carbocycles. The number of benzene rings is 1. The van der Waals surface area contributed by atoms with Gasteiger partial charge in [0.15, 0.2) is 0 Å². The number of aryl methyl sites for hydroxylation is 1. The lowest BCUT2D eigenvalue weighted by Crippen LogP contribution is -2.44. The Bertz CT molecular complexity index is 1690. The van der Waals surface area contributed by atoms with Crippen molar-refractivity contribution in [1.82, 2.24) is 30.3 Å². The standard InChI is InChI=1S/C30H35N9O/c1-4-27(40)35-22-13-21(15-31-16-22)20-12-19(2)28-23(14-20)24(17-34-37-28)25-18-33-29-26(6-5-7-32-30(29)36-25)39-10-8-38(3)9-11-39/h5-7,12-18,32-34,36-37H,4,8-11H2,1-3H3,(H,35,40). The predicted octanol–water partition coefficient (Wildman–Crippen LogP) is 4.31. The smallest absolute Gasteiger partial charge is 0.224 e. The molecule has 1 amide bonds. The number of fused-ring (bicyclic) bond motifs is 1. The molecule has 0 radical (unpaired) electrons. The van der Waals surface area contributed by atoms with Crippen LogP contribution in [0.3, 0.4) is 0 Å². The Morgan fingerprint density at radius 3 is 2.75 bits per heavy atom. The summed E-state index contributed by atoms with van der Waals surface area (Å²) in [5, 5.41) is 3.94. The lowest BCUT2D eigenvalue weighted by Gasteiger charge is -2.33. The molecule has 0 unspecified atom stereocenters. The highest BCUT2D eigenvalue weighted by atomic mass is 16.1. The SMILES string of the molecule is CCC(=O)Nc1cncc(-c2cc(C)c3c(c2)C(c2c[nH]c4c(N5CCN(C)CC5)ccc[nH]c=4[nH]2)=CNN3)c1. The number of nitrogens with one attached hydrogen (secondary N) is 6. The molecule has 5 heterocycles. The predicted molar refractivity (Wildman–Crippen MR) is 159 cm³/mol. The van der Waals surface area contributed by atoms with Gasteiger partial charge in [0.05, 0.1) is 29.0 Å². The average molecular weight is 538 g/mol. The summed E-state index contributed by atoms with van der Waals surface area (Å²) in [6, 6.07) is 10.5. The summed E-state index contributed by atoms with van der Waals surface area (Å²) in [6.45, 7) is 7.97. The monoisotopic (exact) mass is 537 g/mol. The Labute approximate surface area is 232 Å². The number of carbonyl (C=O) groups is 1. The molecule has 6 rings (SSSR count). The van der Waals surface area contributed by atoms with Crippen molar-refractivity contribution >= 4 is 28.5 Å². The quantitative estimate of drug-likeness (QED) is 0.226. The van der Waals surface area contributed by atoms with Crippen LogP contribution in [0.25, 0.3) is 16.7 Å². The molecule has 1 aromatic carbocycles. The number of likely N-dealkylation sites (N-methyl/N-ethyl adjacent to an activating group) is 1. The van der Waals surface area contributed by atoms with Gasteiger partial charge >= 0.3 is 0 Å². The van der Waals surface area contributed by atoms with Gasteiger partial charge in [-0.1, -0.05) is 6.92 Å². The number of piperazine rings is 1. The molecule has 10 nitrogen and oxygen atoms in total. The molecule has 10 heteroatoms. The summed E-state index contributed by atoms with van der Waals surface area (Å²) in [5.74, 6) is -0.0369. The van der Waals surface area contributed by atoms with Gasteiger partial charge in [0, 0.05) is 74.1 Å². The normalized spacial score (nSPS) is 15.1. The minimum atomic E-state index is -0.0369. The summed E-state index contributed by atoms with van der Waals surface area (Å²) in [7, 11) is 2.17. The Balaban J connectivity index is 1.41. The van der Waals surface area contributed by atoms with E-state index in [1.165, 1.54) is 5.69 Å². The van der Waals surface area contributed by atoms with Crippen LogP contribution < -0.4 is 21.1 Å². The van der Waals surface area contributed by atoms with Crippen LogP contribution in [0, 0.1) is 17.8 Å². The van der Waals surface area contributed by atoms with Gasteiger partial charge in [-0.3, -0.25) is 9.78 Å². The number of aromatic amines is 3. The van der Waals surface area contributed by atoms with Crippen LogP contribution in [-0.2, 0) is 4.79 Å². The summed E-state index contributed by atoms with van der Waals surface area (Å²) in [4.78, 5) is 31.7. The first-order valence-corrected chi connectivity index (χ1v) is 13.7. The number of hydrazine groups is 1. The molecule has 6 N–H and O–H groups in total. The fourth-order valence-corrected chi connectivity index (χ4v) is 5.30. The first kappa shape index (κ1) is 25.6. The maximum atomic E-state index is 11.9. The highest BCUT2D eigenvalue weighted by molar-refractivity contribution is 5.92. The number of nitrogens with zero attached hydrogens (tertiary/aromatic N) is 3. The molecule has 206 valence electrons. The molecule has 1 fully saturated rings. The van der Waals surface area contributed by atoms with Crippen molar-refractivity contribution in [2.45, 2.75) is 20.3 Å². The van der Waals surface area contributed by atoms with Gasteiger partial charge in [-0.25, -0.2) is 0 Å². The number of hydrogen-bond donors (Lipinski definition) is 6. The molecule has 0 spiro atoms. The maximum absolute atomic E-state index is 11.9. The highest BCUT2D eigenvalue weighted by Crippen LogP contribution is 2.37. The molecule has 2 aromatic rings. The van der Waals surface area contributed by atoms with E-state index in [-0.39, 0.29) is 5.91 Å². The summed E-state index contributed by atoms with van der Waals surface area (Å²) in [5.41, 5.74) is 16.4. The molecular formula is C30H35N9O. The van der Waals surface area contributed by atoms with Gasteiger partial charge in [-0.2, -0.15) is 0 Å². The highest BCUT2D eigenvalue weighted by Gasteiger charge is 2.20. The van der Waals surface area contributed by atoms with Gasteiger partial charge in [-0.15, -0.1) is 0 Å². The molecule has 0 aliphatic carbocycles. The van der Waals surface area contributed by atoms with E-state index in [9.17, 15) is 4.79 Å². The first-order valence-electron chi connectivity index (χ1n) is 13.7. The fraction of sp³-hybridized carbons (Fsp3) is 0.267. The zero-order valence-corrected chi connectivity index (χ0v) is 23.1. The van der Waals surface area contributed by atoms with Crippen molar-refractivity contribution in [2.24, 2.45) is 0 Å². The number of aromatic nitrogens is 4. The number of amides is 1. The third-order valence-electron chi connectivity index (χ3n) is 7.55. The lowest BCUT2D eigenvalue weighted by atomic mass is 9.93. The van der Waals surface area contributed by atoms with E-state index in [4.69, 9.17) is 0 Å². The van der Waals surface area contributed by atoms with Crippen molar-refractivity contribution in [3.63, 3.8) is 0 Å². The molecular weight excluding hydrogens is 502 g/mol. The number of H-pyrrole nitrogens is 3. The second kappa shape index (κ2) is 10.8. The van der Waals surface area contributed by atoms with Crippen molar-refractivity contribution in [3.8, 4) is 11.1 Å². The van der Waals surface area contributed by atoms with Crippen LogP contribution in [0.2, 0.25) is 0 Å². The molecule has 0 atom stereocenters. The summed E-state index contributed by atoms with van der Waals surface area (Å²) >= 11 is 0. The van der Waals surface area contributed by atoms with Crippen LogP contribution in [0.5, 0.6) is 0 Å². The van der Waals surface area contributed by atoms with E-state index in [1.807, 2.05) is 37.8 Å². The Morgan fingerprint density at radius 1 is 1.07 bits per heavy atom. The molecule has 4 aliphatic heterocycles. The van der Waals surface area contributed by atoms with Gasteiger partial charge in [0.1, 0.15) is 10.8 Å². The van der Waals surface area contributed by atoms with Crippen molar-refractivity contribution in [1.29, 1.82) is 0 Å². The van der Waals surface area contributed by atoms with Gasteiger partial charge < -0.3 is 40.9 Å². The first-order chi connectivity index (χ1) is 19.5. The van der Waals surface area contributed by atoms with Gasteiger partial charge in [-0.05, 0) is 55.4 Å². The zero-order valence-electron chi connectivity index (χ0n) is 23.1. The average Bonchev–Trinajstić information content (AvgIpc) is 3.19. The van der Waals surface area contributed by atoms with Gasteiger partial charge in [0.2, 0.25) is 5.91 Å². The van der Waals surface area contributed by atoms with Gasteiger partial charge in [0.25, 0.3) is 0 Å².